The zero-order chi connectivity index (χ0) is 18.0. The summed E-state index contributed by atoms with van der Waals surface area (Å²) in [5.74, 6) is 0. The first-order valence-electron chi connectivity index (χ1n) is 8.60. The smallest absolute Gasteiger partial charge is 0.408 e. The van der Waals surface area contributed by atoms with Crippen LogP contribution in [-0.2, 0) is 17.7 Å². The number of nitrogens with one attached hydrogen (secondary N) is 1. The number of carbonyl (C=O) groups is 1. The molecule has 1 saturated carbocycles. The molecule has 0 saturated heterocycles. The number of carbonyl (C=O) groups excluding carboxylic acids is 1. The lowest BCUT2D eigenvalue weighted by Crippen LogP contribution is -2.47. The van der Waals surface area contributed by atoms with Crippen molar-refractivity contribution in [2.45, 2.75) is 82.7 Å². The Bertz CT molecular complexity index is 566. The van der Waals surface area contributed by atoms with Crippen LogP contribution in [0.2, 0.25) is 0 Å². The maximum absolute atomic E-state index is 12.1. The van der Waals surface area contributed by atoms with Crippen molar-refractivity contribution in [1.29, 1.82) is 0 Å². The summed E-state index contributed by atoms with van der Waals surface area (Å²) in [5.41, 5.74) is 0.264. The maximum Gasteiger partial charge on any atom is 0.408 e. The molecule has 1 N–H and O–H groups in total. The Labute approximate surface area is 149 Å². The molecule has 6 heteroatoms. The van der Waals surface area contributed by atoms with E-state index >= 15 is 0 Å². The molecule has 0 radical (unpaired) electrons. The van der Waals surface area contributed by atoms with Crippen molar-refractivity contribution < 1.29 is 9.53 Å². The number of nitrogens with zero attached hydrogens (tertiary/aromatic N) is 2. The van der Waals surface area contributed by atoms with Gasteiger partial charge >= 0.3 is 6.09 Å². The predicted molar refractivity (Wildman–Crippen MR) is 99.5 cm³/mol. The number of rotatable bonds is 6. The Kier molecular flexibility index (Phi) is 5.57. The lowest BCUT2D eigenvalue weighted by Gasteiger charge is -2.41. The first-order chi connectivity index (χ1) is 11.0. The van der Waals surface area contributed by atoms with Gasteiger partial charge in [0.1, 0.15) is 5.60 Å². The molecule has 1 aliphatic rings. The van der Waals surface area contributed by atoms with Crippen molar-refractivity contribution >= 4 is 17.9 Å². The minimum atomic E-state index is -0.489. The number of thioether (sulfide) groups is 1. The van der Waals surface area contributed by atoms with Crippen LogP contribution in [0.5, 0.6) is 0 Å². The average Bonchev–Trinajstić information content (AvgIpc) is 2.76. The zero-order valence-corrected chi connectivity index (χ0v) is 16.6. The van der Waals surface area contributed by atoms with E-state index in [0.717, 1.165) is 18.7 Å². The molecule has 136 valence electrons. The monoisotopic (exact) mass is 353 g/mol. The van der Waals surface area contributed by atoms with Crippen LogP contribution in [0.3, 0.4) is 0 Å². The van der Waals surface area contributed by atoms with E-state index in [-0.39, 0.29) is 6.09 Å². The second-order valence-corrected chi connectivity index (χ2v) is 9.72. The Morgan fingerprint density at radius 3 is 2.54 bits per heavy atom. The van der Waals surface area contributed by atoms with Crippen LogP contribution in [0, 0.1) is 0 Å². The summed E-state index contributed by atoms with van der Waals surface area (Å²) in [6.45, 7) is 10.6. The molecule has 0 bridgehead atoms. The number of hydrogen-bond donors (Lipinski definition) is 1. The Morgan fingerprint density at radius 1 is 1.38 bits per heavy atom. The third kappa shape index (κ3) is 5.16. The van der Waals surface area contributed by atoms with E-state index in [1.165, 1.54) is 19.3 Å². The molecule has 0 aromatic carbocycles. The van der Waals surface area contributed by atoms with Gasteiger partial charge in [-0.05, 0) is 53.7 Å². The van der Waals surface area contributed by atoms with Gasteiger partial charge in [0.15, 0.2) is 0 Å². The lowest BCUT2D eigenvalue weighted by atomic mass is 9.84. The van der Waals surface area contributed by atoms with Crippen LogP contribution in [0.25, 0.3) is 0 Å². The fourth-order valence-electron chi connectivity index (χ4n) is 3.02. The van der Waals surface area contributed by atoms with Gasteiger partial charge in [-0.15, -0.1) is 0 Å². The molecule has 0 atom stereocenters. The molecule has 1 aromatic rings. The number of alkyl carbamates (subject to hydrolysis) is 1. The first kappa shape index (κ1) is 19.2. The summed E-state index contributed by atoms with van der Waals surface area (Å²) in [4.78, 5) is 16.4. The summed E-state index contributed by atoms with van der Waals surface area (Å²) in [6, 6.07) is 0. The van der Waals surface area contributed by atoms with Gasteiger partial charge in [0.05, 0.1) is 6.33 Å². The van der Waals surface area contributed by atoms with E-state index in [0.29, 0.717) is 4.75 Å². The molecule has 5 nitrogen and oxygen atoms in total. The van der Waals surface area contributed by atoms with Crippen molar-refractivity contribution in [2.75, 3.05) is 6.26 Å². The molecule has 1 heterocycles. The van der Waals surface area contributed by atoms with E-state index in [1.807, 2.05) is 58.9 Å². The van der Waals surface area contributed by atoms with Crippen molar-refractivity contribution in [3.05, 3.63) is 18.2 Å². The van der Waals surface area contributed by atoms with Crippen LogP contribution in [0.15, 0.2) is 12.5 Å². The molecular formula is C18H31N3O2S. The number of ether oxygens (including phenoxy) is 1. The van der Waals surface area contributed by atoms with E-state index in [4.69, 9.17) is 4.74 Å². The number of hydrogen-bond acceptors (Lipinski definition) is 4. The SMILES string of the molecule is CSC1(Cn2cncc2CC(C)(C)NC(=O)OC(C)(C)C)CCC1. The van der Waals surface area contributed by atoms with Gasteiger partial charge in [-0.25, -0.2) is 9.78 Å². The van der Waals surface area contributed by atoms with Gasteiger partial charge in [-0.2, -0.15) is 11.8 Å². The highest BCUT2D eigenvalue weighted by Gasteiger charge is 2.37. The van der Waals surface area contributed by atoms with Gasteiger partial charge in [-0.1, -0.05) is 6.42 Å². The average molecular weight is 354 g/mol. The molecule has 0 spiro atoms. The van der Waals surface area contributed by atoms with Crippen LogP contribution in [0.4, 0.5) is 4.79 Å². The fourth-order valence-corrected chi connectivity index (χ4v) is 3.99. The Balaban J connectivity index is 2.00. The van der Waals surface area contributed by atoms with Gasteiger partial charge in [0.25, 0.3) is 0 Å². The number of imidazole rings is 1. The zero-order valence-electron chi connectivity index (χ0n) is 15.8. The van der Waals surface area contributed by atoms with Crippen molar-refractivity contribution in [2.24, 2.45) is 0 Å². The van der Waals surface area contributed by atoms with Crippen LogP contribution >= 0.6 is 11.8 Å². The lowest BCUT2D eigenvalue weighted by molar-refractivity contribution is 0.0471. The Morgan fingerprint density at radius 2 is 2.04 bits per heavy atom. The Hall–Kier alpha value is -1.17. The third-order valence-corrected chi connectivity index (χ3v) is 5.82. The molecule has 1 aliphatic carbocycles. The summed E-state index contributed by atoms with van der Waals surface area (Å²) in [5, 5.41) is 2.98. The molecule has 24 heavy (non-hydrogen) atoms. The van der Waals surface area contributed by atoms with Crippen LogP contribution in [0.1, 0.15) is 59.6 Å². The van der Waals surface area contributed by atoms with Gasteiger partial charge in [0.2, 0.25) is 0 Å². The molecule has 0 aliphatic heterocycles. The van der Waals surface area contributed by atoms with Crippen LogP contribution < -0.4 is 5.32 Å². The fraction of sp³-hybridized carbons (Fsp3) is 0.778. The second kappa shape index (κ2) is 6.98. The van der Waals surface area contributed by atoms with E-state index in [2.05, 4.69) is 21.1 Å². The highest BCUT2D eigenvalue weighted by molar-refractivity contribution is 8.00. The van der Waals surface area contributed by atoms with Crippen molar-refractivity contribution in [3.8, 4) is 0 Å². The first-order valence-corrected chi connectivity index (χ1v) is 9.82. The van der Waals surface area contributed by atoms with Gasteiger partial charge in [-0.3, -0.25) is 0 Å². The summed E-state index contributed by atoms with van der Waals surface area (Å²) in [6.07, 6.45) is 10.2. The summed E-state index contributed by atoms with van der Waals surface area (Å²) in [7, 11) is 0. The van der Waals surface area contributed by atoms with E-state index < -0.39 is 11.1 Å². The molecule has 1 amide bonds. The normalized spacial score (nSPS) is 17.2. The minimum Gasteiger partial charge on any atom is -0.444 e. The van der Waals surface area contributed by atoms with Gasteiger partial charge < -0.3 is 14.6 Å². The van der Waals surface area contributed by atoms with E-state index in [9.17, 15) is 4.79 Å². The molecule has 1 aromatic heterocycles. The number of aromatic nitrogens is 2. The molecule has 0 unspecified atom stereocenters. The molecule has 1 fully saturated rings. The maximum atomic E-state index is 12.1. The topological polar surface area (TPSA) is 56.2 Å². The molecular weight excluding hydrogens is 322 g/mol. The summed E-state index contributed by atoms with van der Waals surface area (Å²) >= 11 is 1.96. The van der Waals surface area contributed by atoms with Crippen LogP contribution in [-0.4, -0.2) is 37.8 Å². The predicted octanol–water partition coefficient (Wildman–Crippen LogP) is 4.01. The quantitative estimate of drug-likeness (QED) is 0.839. The van der Waals surface area contributed by atoms with Crippen molar-refractivity contribution in [3.63, 3.8) is 0 Å². The summed E-state index contributed by atoms with van der Waals surface area (Å²) < 4.78 is 7.98. The molecule has 2 rings (SSSR count). The van der Waals surface area contributed by atoms with E-state index in [1.54, 1.807) is 0 Å². The largest absolute Gasteiger partial charge is 0.444 e. The second-order valence-electron chi connectivity index (χ2n) is 8.44. The van der Waals surface area contributed by atoms with Gasteiger partial charge in [0, 0.05) is 35.1 Å². The highest BCUT2D eigenvalue weighted by atomic mass is 32.2. The number of amides is 1. The van der Waals surface area contributed by atoms with Crippen molar-refractivity contribution in [1.82, 2.24) is 14.9 Å². The standard InChI is InChI=1S/C18H31N3O2S/c1-16(2,3)23-15(22)20-17(4,5)10-14-11-19-13-21(14)12-18(24-6)8-7-9-18/h11,13H,7-10,12H2,1-6H3,(H,20,22). The third-order valence-electron chi connectivity index (χ3n) is 4.42. The highest BCUT2D eigenvalue weighted by Crippen LogP contribution is 2.44. The minimum absolute atomic E-state index is 0.359.